The van der Waals surface area contributed by atoms with Gasteiger partial charge in [-0.3, -0.25) is 44.7 Å². The largest absolute Gasteiger partial charge is 3.00 e. The summed E-state index contributed by atoms with van der Waals surface area (Å²) in [5.74, 6) is -1.24. The monoisotopic (exact) mass is 2680 g/mol. The molecule has 0 saturated carbocycles. The van der Waals surface area contributed by atoms with Crippen LogP contribution in [-0.2, 0) is 532 Å². The van der Waals surface area contributed by atoms with Crippen LogP contribution in [0.1, 0.15) is 44.7 Å². The molecule has 0 fully saturated rings. The van der Waals surface area contributed by atoms with Gasteiger partial charge in [0.05, 0.1) is 45.8 Å². The zero-order valence-corrected chi connectivity index (χ0v) is 79.1. The van der Waals surface area contributed by atoms with E-state index in [1.165, 1.54) is 12.3 Å². The van der Waals surface area contributed by atoms with Crippen LogP contribution in [0.5, 0.6) is 0 Å². The van der Waals surface area contributed by atoms with E-state index in [2.05, 4.69) is 44.7 Å². The standard InChI is InChI=1S/2C18H18N4.C6H5NO2.12Mo.2Ni.H3O4P.H2O.36O/c2*1-4-10-19-16(7-1)13-22(14-17-8-2-5-11-20-17)15-18-9-3-6-12-21-18;8-6(9)5-3-1-2-4-7-5;;;;;;;;;;;;;;;1-5(2,3)4;;;;;;;;;;;;;;;;;;;;;;;;;;;;;;;;;;;;;/h2*1-12H,13-15H2;1-4H,(H,8,9);;;;;;;;;;;;;;;(H3,1,2,3,4);1H2;;;;;;;;;;;;;;;;;;;;;;;;;;;;;;;;;;;;/q;;;;;;;;;;;;;;;2*+3;;;36*-2/p-3. The van der Waals surface area contributed by atoms with Crippen LogP contribution in [0.25, 0.3) is 0 Å². The number of pyridine rings is 7. The van der Waals surface area contributed by atoms with E-state index in [0.29, 0.717) is 0 Å². The summed E-state index contributed by atoms with van der Waals surface area (Å²) < 4.78 is 8.55. The molecule has 0 aliphatic heterocycles. The Kier molecular flexibility index (Phi) is 651. The summed E-state index contributed by atoms with van der Waals surface area (Å²) in [5.41, 5.74) is 6.27. The topological polar surface area (TPSA) is 1280 Å². The van der Waals surface area contributed by atoms with E-state index in [4.69, 9.17) is 19.2 Å². The van der Waals surface area contributed by atoms with Gasteiger partial charge in [-0.05, 0) is 84.9 Å². The fourth-order valence-electron chi connectivity index (χ4n) is 5.14. The Bertz CT molecular complexity index is 1990. The molecule has 0 spiro atoms. The molecule has 0 saturated heterocycles. The Hall–Kier alpha value is 1.32. The van der Waals surface area contributed by atoms with Gasteiger partial charge in [-0.1, -0.05) is 42.5 Å². The van der Waals surface area contributed by atoms with Crippen LogP contribution >= 0.6 is 7.82 Å². The van der Waals surface area contributed by atoms with E-state index in [-0.39, 0.29) is 494 Å². The van der Waals surface area contributed by atoms with Gasteiger partial charge in [0.15, 0.2) is 0 Å². The first-order chi connectivity index (χ1) is 28.1. The van der Waals surface area contributed by atoms with E-state index < -0.39 is 13.8 Å². The van der Waals surface area contributed by atoms with Crippen molar-refractivity contribution in [1.82, 2.24) is 44.7 Å². The molecule has 0 atom stereocenters. The van der Waals surface area contributed by atoms with Gasteiger partial charge in [-0.25, -0.2) is 0 Å². The minimum Gasteiger partial charge on any atom is -2.00 e. The number of rotatable bonds is 13. The number of carboxylic acids is 1. The predicted octanol–water partition coefficient (Wildman–Crippen LogP) is -2.47. The Balaban J connectivity index is -0.00000000902. The van der Waals surface area contributed by atoms with Crippen molar-refractivity contribution in [2.45, 2.75) is 39.3 Å². The van der Waals surface area contributed by atoms with Crippen LogP contribution in [0.15, 0.2) is 171 Å². The first-order valence-corrected chi connectivity index (χ1v) is 19.3. The Morgan fingerprint density at radius 3 is 0.431 bits per heavy atom. The number of phosphoric acid groups is 1. The Morgan fingerprint density at radius 2 is 0.358 bits per heavy atom. The first kappa shape index (κ1) is 339. The average molecular weight is 2660 g/mol. The zero-order chi connectivity index (χ0) is 41.3. The molecule has 680 valence electrons. The molecule has 7 heterocycles. The number of carbonyl (C=O) groups is 1. The van der Waals surface area contributed by atoms with Crippen LogP contribution in [0.2, 0.25) is 0 Å². The Morgan fingerprint density at radius 1 is 0.248 bits per heavy atom. The normalized spacial score (nSPS) is 5.62. The molecule has 0 aliphatic rings. The summed E-state index contributed by atoms with van der Waals surface area (Å²) >= 11 is 0. The van der Waals surface area contributed by atoms with Gasteiger partial charge in [0.25, 0.3) is 0 Å². The van der Waals surface area contributed by atoms with Gasteiger partial charge in [-0.15, -0.1) is 0 Å². The first-order valence-electron chi connectivity index (χ1n) is 17.8. The number of aromatic carboxylic acids is 1. The van der Waals surface area contributed by atoms with Crippen molar-refractivity contribution >= 4 is 13.8 Å². The molecular formula is C42H43Mo12N9Ni2O43P-69. The van der Waals surface area contributed by atoms with Gasteiger partial charge in [0, 0.05) is 335 Å². The maximum atomic E-state index is 10.0. The SMILES string of the molecule is O=C([O-])c1ccccn1.O=P([O-])([O-])[O-].[Mo].[Mo].[Mo].[Mo].[Mo].[Mo].[Mo].[Mo].[Mo].[Mo].[Mo].[Mo].[Ni+3].[Ni+3].[O-2].[O-2].[O-2].[O-2].[O-2].[O-2].[O-2].[O-2].[O-2].[O-2].[O-2].[O-2].[O-2].[O-2].[O-2].[O-2].[O-2].[O-2].[O-2].[O-2].[O-2].[O-2].[O-2].[O-2].[O-2].[O-2].[O-2].[O-2].[O-2].[O-2].[O-2].[O-2].[O-2].[O-2].[O-2].[O-2].[OH3+].c1ccc(CN(Cc2ccccn2)Cc2ccccn2)nc1.c1ccc(CN(Cc2ccccn2)Cc2ccccn2)nc1. The molecule has 7 aromatic heterocycles. The second-order valence-electron chi connectivity index (χ2n) is 12.2. The zero-order valence-electron chi connectivity index (χ0n) is 52.1. The third-order valence-corrected chi connectivity index (χ3v) is 7.54. The summed E-state index contributed by atoms with van der Waals surface area (Å²) in [6.07, 6.45) is 12.4. The van der Waals surface area contributed by atoms with Crippen molar-refractivity contribution in [1.29, 1.82) is 0 Å². The molecule has 0 aromatic carbocycles. The smallest absolute Gasteiger partial charge is 2.00 e. The molecule has 7 rings (SSSR count). The van der Waals surface area contributed by atoms with E-state index >= 15 is 0 Å². The number of hydrogen-bond acceptors (Lipinski definition) is 15. The molecule has 2 radical (unpaired) electrons. The molecule has 0 amide bonds. The maximum absolute atomic E-state index is 10.0. The average Bonchev–Trinajstić information content (AvgIpc) is 3.23. The molecular weight excluding hydrogens is 2620 g/mol. The second-order valence-corrected chi connectivity index (χ2v) is 13.1. The summed E-state index contributed by atoms with van der Waals surface area (Å²) in [5, 5.41) is 10.0. The van der Waals surface area contributed by atoms with E-state index in [9.17, 15) is 9.90 Å². The number of hydrogen-bond donors (Lipinski definition) is 0. The number of carboxylic acid groups (broad SMARTS) is 1. The summed E-state index contributed by atoms with van der Waals surface area (Å²) in [6.45, 7) is 4.63. The van der Waals surface area contributed by atoms with Crippen LogP contribution in [0, 0.1) is 0 Å². The van der Waals surface area contributed by atoms with Gasteiger partial charge in [0.1, 0.15) is 0 Å². The van der Waals surface area contributed by atoms with Gasteiger partial charge >= 0.3 is 33.0 Å². The van der Waals surface area contributed by atoms with Crippen molar-refractivity contribution in [3.63, 3.8) is 0 Å². The minimum atomic E-state index is -5.39. The van der Waals surface area contributed by atoms with Gasteiger partial charge in [0.2, 0.25) is 0 Å². The summed E-state index contributed by atoms with van der Waals surface area (Å²) in [4.78, 5) is 70.3. The Labute approximate surface area is 816 Å². The van der Waals surface area contributed by atoms with Crippen molar-refractivity contribution in [3.05, 3.63) is 211 Å². The summed E-state index contributed by atoms with van der Waals surface area (Å²) in [6, 6.07) is 40.6. The van der Waals surface area contributed by atoms with Gasteiger partial charge < -0.3 is 232 Å². The molecule has 0 bridgehead atoms. The van der Waals surface area contributed by atoms with Gasteiger partial charge in [-0.2, -0.15) is 7.82 Å². The fourth-order valence-corrected chi connectivity index (χ4v) is 5.14. The van der Waals surface area contributed by atoms with Crippen molar-refractivity contribution in [3.8, 4) is 0 Å². The van der Waals surface area contributed by atoms with Crippen molar-refractivity contribution in [2.24, 2.45) is 0 Å². The van der Waals surface area contributed by atoms with Crippen LogP contribution in [0.3, 0.4) is 0 Å². The summed E-state index contributed by atoms with van der Waals surface area (Å²) in [7, 11) is -5.39. The third-order valence-electron chi connectivity index (χ3n) is 7.54. The van der Waals surface area contributed by atoms with Crippen LogP contribution < -0.4 is 19.8 Å². The second kappa shape index (κ2) is 209. The molecule has 67 heteroatoms. The molecule has 0 aliphatic carbocycles. The molecule has 52 nitrogen and oxygen atoms in total. The number of carbonyl (C=O) groups excluding carboxylic acids is 1. The minimum absolute atomic E-state index is 0. The number of aromatic nitrogens is 7. The molecule has 0 unspecified atom stereocenters. The third kappa shape index (κ3) is 173. The molecule has 7 aromatic rings. The van der Waals surface area contributed by atoms with Crippen LogP contribution in [-0.4, -0.2) is 50.7 Å². The predicted molar refractivity (Wildman–Crippen MR) is 237 cm³/mol. The van der Waals surface area contributed by atoms with Crippen molar-refractivity contribution in [2.75, 3.05) is 0 Å². The van der Waals surface area contributed by atoms with E-state index in [1.807, 2.05) is 146 Å². The molecule has 3 N–H and O–H groups in total. The maximum Gasteiger partial charge on any atom is 3.00 e. The van der Waals surface area contributed by atoms with Crippen molar-refractivity contribution < 1.29 is 518 Å². The van der Waals surface area contributed by atoms with E-state index in [0.717, 1.165) is 73.4 Å². The quantitative estimate of drug-likeness (QED) is 0.0656. The fraction of sp³-hybridized carbons (Fsp3) is 0.143. The van der Waals surface area contributed by atoms with Crippen LogP contribution in [0.4, 0.5) is 0 Å². The molecule has 109 heavy (non-hydrogen) atoms. The van der Waals surface area contributed by atoms with E-state index in [1.54, 1.807) is 12.1 Å². The number of nitrogens with zero attached hydrogens (tertiary/aromatic N) is 9.